The minimum absolute atomic E-state index is 0.0673. The summed E-state index contributed by atoms with van der Waals surface area (Å²) < 4.78 is 16.9. The minimum atomic E-state index is -0.769. The molecule has 0 spiro atoms. The van der Waals surface area contributed by atoms with E-state index in [9.17, 15) is 14.4 Å². The molecule has 1 unspecified atom stereocenters. The monoisotopic (exact) mass is 1040 g/mol. The molecule has 0 amide bonds. The number of hydrogen-bond acceptors (Lipinski definition) is 6. The number of hydrogen-bond donors (Lipinski definition) is 0. The topological polar surface area (TPSA) is 78.9 Å². The summed E-state index contributed by atoms with van der Waals surface area (Å²) in [5.41, 5.74) is 0. The first-order valence-electron chi connectivity index (χ1n) is 33.7. The zero-order chi connectivity index (χ0) is 53.6. The van der Waals surface area contributed by atoms with Gasteiger partial charge in [-0.15, -0.1) is 0 Å². The van der Waals surface area contributed by atoms with Crippen LogP contribution < -0.4 is 0 Å². The molecule has 0 aliphatic heterocycles. The van der Waals surface area contributed by atoms with E-state index in [0.717, 1.165) is 64.2 Å². The van der Waals surface area contributed by atoms with Gasteiger partial charge >= 0.3 is 17.9 Å². The summed E-state index contributed by atoms with van der Waals surface area (Å²) in [4.78, 5) is 38.2. The molecule has 0 aliphatic carbocycles. The van der Waals surface area contributed by atoms with E-state index >= 15 is 0 Å². The Morgan fingerprint density at radius 3 is 0.689 bits per heavy atom. The number of allylic oxidation sites excluding steroid dienone is 2. The fourth-order valence-corrected chi connectivity index (χ4v) is 10.4. The third-order valence-corrected chi connectivity index (χ3v) is 15.5. The second-order valence-corrected chi connectivity index (χ2v) is 23.1. The van der Waals surface area contributed by atoms with E-state index in [1.165, 1.54) is 283 Å². The molecule has 6 nitrogen and oxygen atoms in total. The first-order valence-corrected chi connectivity index (χ1v) is 33.7. The second kappa shape index (κ2) is 63.7. The number of esters is 3. The fraction of sp³-hybridized carbons (Fsp3) is 0.926. The van der Waals surface area contributed by atoms with Gasteiger partial charge in [-0.05, 0) is 44.9 Å². The molecular formula is C68H130O6. The normalized spacial score (nSPS) is 12.0. The molecule has 0 saturated carbocycles. The number of carbonyl (C=O) groups excluding carboxylic acids is 3. The van der Waals surface area contributed by atoms with Crippen molar-refractivity contribution in [2.24, 2.45) is 0 Å². The molecule has 438 valence electrons. The maximum Gasteiger partial charge on any atom is 0.306 e. The van der Waals surface area contributed by atoms with E-state index in [0.29, 0.717) is 19.3 Å². The van der Waals surface area contributed by atoms with Crippen LogP contribution in [0.3, 0.4) is 0 Å². The molecule has 0 fully saturated rings. The van der Waals surface area contributed by atoms with Crippen molar-refractivity contribution in [3.8, 4) is 0 Å². The molecule has 0 bridgehead atoms. The van der Waals surface area contributed by atoms with Crippen molar-refractivity contribution in [1.29, 1.82) is 0 Å². The zero-order valence-corrected chi connectivity index (χ0v) is 50.4. The van der Waals surface area contributed by atoms with Crippen LogP contribution in [0.5, 0.6) is 0 Å². The van der Waals surface area contributed by atoms with Crippen molar-refractivity contribution in [3.05, 3.63) is 12.2 Å². The Bertz CT molecular complexity index is 1150. The highest BCUT2D eigenvalue weighted by atomic mass is 16.6. The van der Waals surface area contributed by atoms with E-state index in [2.05, 4.69) is 32.9 Å². The van der Waals surface area contributed by atoms with Gasteiger partial charge in [-0.3, -0.25) is 14.4 Å². The lowest BCUT2D eigenvalue weighted by Gasteiger charge is -2.18. The molecule has 0 aliphatic rings. The largest absolute Gasteiger partial charge is 0.462 e. The van der Waals surface area contributed by atoms with Crippen LogP contribution in [0.15, 0.2) is 12.2 Å². The Kier molecular flexibility index (Phi) is 62.1. The Hall–Kier alpha value is -1.85. The molecular weight excluding hydrogens is 913 g/mol. The van der Waals surface area contributed by atoms with Crippen molar-refractivity contribution >= 4 is 17.9 Å². The fourth-order valence-electron chi connectivity index (χ4n) is 10.4. The predicted octanol–water partition coefficient (Wildman–Crippen LogP) is 22.8. The van der Waals surface area contributed by atoms with Crippen LogP contribution in [-0.4, -0.2) is 37.2 Å². The molecule has 1 atom stereocenters. The number of ether oxygens (including phenoxy) is 3. The average Bonchev–Trinajstić information content (AvgIpc) is 3.40. The SMILES string of the molecule is CCCCCC/C=C\CCCCCCCC(=O)OC(COC(=O)CCCCCCCCCCCCCC)COC(=O)CCCCCCCCCCCCCCCCCCCCCCCCCCCCCCCCC. The van der Waals surface area contributed by atoms with Crippen LogP contribution in [0, 0.1) is 0 Å². The summed E-state index contributed by atoms with van der Waals surface area (Å²) in [7, 11) is 0. The van der Waals surface area contributed by atoms with E-state index < -0.39 is 6.10 Å². The lowest BCUT2D eigenvalue weighted by Crippen LogP contribution is -2.30. The number of rotatable bonds is 63. The first-order chi connectivity index (χ1) is 36.5. The Balaban J connectivity index is 4.04. The van der Waals surface area contributed by atoms with Crippen LogP contribution in [0.1, 0.15) is 387 Å². The smallest absolute Gasteiger partial charge is 0.306 e. The quantitative estimate of drug-likeness (QED) is 0.0261. The van der Waals surface area contributed by atoms with Crippen LogP contribution in [0.25, 0.3) is 0 Å². The van der Waals surface area contributed by atoms with Gasteiger partial charge in [0.05, 0.1) is 0 Å². The number of carbonyl (C=O) groups is 3. The Morgan fingerprint density at radius 1 is 0.257 bits per heavy atom. The summed E-state index contributed by atoms with van der Waals surface area (Å²) in [6.45, 7) is 6.68. The van der Waals surface area contributed by atoms with E-state index in [1.807, 2.05) is 0 Å². The molecule has 0 radical (unpaired) electrons. The third kappa shape index (κ3) is 61.0. The van der Waals surface area contributed by atoms with Gasteiger partial charge in [-0.2, -0.15) is 0 Å². The highest BCUT2D eigenvalue weighted by Gasteiger charge is 2.19. The summed E-state index contributed by atoms with van der Waals surface area (Å²) in [5, 5.41) is 0. The summed E-state index contributed by atoms with van der Waals surface area (Å²) >= 11 is 0. The predicted molar refractivity (Wildman–Crippen MR) is 321 cm³/mol. The van der Waals surface area contributed by atoms with E-state index in [4.69, 9.17) is 14.2 Å². The molecule has 0 saturated heterocycles. The third-order valence-electron chi connectivity index (χ3n) is 15.5. The molecule has 0 rings (SSSR count). The molecule has 0 aromatic carbocycles. The molecule has 0 aromatic rings. The lowest BCUT2D eigenvalue weighted by atomic mass is 10.0. The molecule has 0 aromatic heterocycles. The van der Waals surface area contributed by atoms with E-state index in [-0.39, 0.29) is 31.1 Å². The van der Waals surface area contributed by atoms with E-state index in [1.54, 1.807) is 0 Å². The van der Waals surface area contributed by atoms with Gasteiger partial charge in [0.25, 0.3) is 0 Å². The highest BCUT2D eigenvalue weighted by molar-refractivity contribution is 5.71. The molecule has 0 N–H and O–H groups in total. The highest BCUT2D eigenvalue weighted by Crippen LogP contribution is 2.19. The standard InChI is InChI=1S/C68H130O6/c1-4-7-10-13-16-19-22-25-26-27-28-29-30-31-32-33-34-35-36-37-38-39-40-41-42-44-46-49-52-55-58-61-67(70)73-64-65(63-72-66(69)60-57-54-51-48-45-24-21-18-15-12-9-6-3)74-68(71)62-59-56-53-50-47-43-23-20-17-14-11-8-5-2/h20,23,65H,4-19,21-22,24-64H2,1-3H3/b23-20-. The minimum Gasteiger partial charge on any atom is -0.462 e. The van der Waals surface area contributed by atoms with Crippen LogP contribution in [0.2, 0.25) is 0 Å². The van der Waals surface area contributed by atoms with Crippen LogP contribution in [0.4, 0.5) is 0 Å². The first kappa shape index (κ1) is 72.2. The molecule has 6 heteroatoms. The van der Waals surface area contributed by atoms with Gasteiger partial charge in [0, 0.05) is 19.3 Å². The van der Waals surface area contributed by atoms with Gasteiger partial charge < -0.3 is 14.2 Å². The maximum atomic E-state index is 12.8. The Labute approximate surface area is 462 Å². The van der Waals surface area contributed by atoms with Crippen LogP contribution >= 0.6 is 0 Å². The summed E-state index contributed by atoms with van der Waals surface area (Å²) in [5.74, 6) is -0.849. The average molecular weight is 1040 g/mol. The molecule has 0 heterocycles. The zero-order valence-electron chi connectivity index (χ0n) is 50.4. The van der Waals surface area contributed by atoms with Gasteiger partial charge in [0.15, 0.2) is 6.10 Å². The van der Waals surface area contributed by atoms with Crippen molar-refractivity contribution < 1.29 is 28.6 Å². The van der Waals surface area contributed by atoms with Gasteiger partial charge in [0.2, 0.25) is 0 Å². The maximum absolute atomic E-state index is 12.8. The van der Waals surface area contributed by atoms with Crippen molar-refractivity contribution in [2.75, 3.05) is 13.2 Å². The number of unbranched alkanes of at least 4 members (excludes halogenated alkanes) is 50. The van der Waals surface area contributed by atoms with Crippen molar-refractivity contribution in [2.45, 2.75) is 393 Å². The van der Waals surface area contributed by atoms with Crippen LogP contribution in [-0.2, 0) is 28.6 Å². The second-order valence-electron chi connectivity index (χ2n) is 23.1. The van der Waals surface area contributed by atoms with Gasteiger partial charge in [-0.1, -0.05) is 335 Å². The van der Waals surface area contributed by atoms with Gasteiger partial charge in [0.1, 0.15) is 13.2 Å². The summed E-state index contributed by atoms with van der Waals surface area (Å²) in [6.07, 6.45) is 75.4. The summed E-state index contributed by atoms with van der Waals surface area (Å²) in [6, 6.07) is 0. The van der Waals surface area contributed by atoms with Crippen molar-refractivity contribution in [1.82, 2.24) is 0 Å². The Morgan fingerprint density at radius 2 is 0.446 bits per heavy atom. The van der Waals surface area contributed by atoms with Crippen molar-refractivity contribution in [3.63, 3.8) is 0 Å². The molecule has 74 heavy (non-hydrogen) atoms. The lowest BCUT2D eigenvalue weighted by molar-refractivity contribution is -0.167. The van der Waals surface area contributed by atoms with Gasteiger partial charge in [-0.25, -0.2) is 0 Å².